The topological polar surface area (TPSA) is 41.9 Å². The number of halogens is 4. The number of hydrogen-bond donors (Lipinski definition) is 0. The van der Waals surface area contributed by atoms with Crippen LogP contribution in [0.3, 0.4) is 0 Å². The zero-order valence-corrected chi connectivity index (χ0v) is 16.7. The number of carbonyl (C=O) groups excluding carboxylic acids is 1. The van der Waals surface area contributed by atoms with E-state index in [1.54, 1.807) is 42.5 Å². The number of carbonyl (C=O) groups is 1. The minimum atomic E-state index is -5.17. The second-order valence-corrected chi connectivity index (χ2v) is 7.26. The molecule has 0 N–H and O–H groups in total. The van der Waals surface area contributed by atoms with Crippen LogP contribution >= 0.6 is 0 Å². The Bertz CT molecular complexity index is 1100. The van der Waals surface area contributed by atoms with E-state index in [1.165, 1.54) is 24.3 Å². The van der Waals surface area contributed by atoms with Crippen molar-refractivity contribution in [1.29, 1.82) is 0 Å². The molecule has 0 saturated heterocycles. The van der Waals surface area contributed by atoms with Crippen LogP contribution in [-0.2, 0) is 16.1 Å². The van der Waals surface area contributed by atoms with Crippen LogP contribution in [0, 0.1) is 5.82 Å². The highest BCUT2D eigenvalue weighted by Gasteiger charge is 2.47. The van der Waals surface area contributed by atoms with Crippen molar-refractivity contribution in [3.63, 3.8) is 0 Å². The molecule has 0 aliphatic carbocycles. The Morgan fingerprint density at radius 2 is 1.44 bits per heavy atom. The van der Waals surface area contributed by atoms with Gasteiger partial charge in [-0.2, -0.15) is 18.2 Å². The van der Waals surface area contributed by atoms with E-state index < -0.39 is 30.0 Å². The normalized spacial score (nSPS) is 18.4. The Morgan fingerprint density at radius 1 is 0.875 bits per heavy atom. The molecule has 2 atom stereocenters. The van der Waals surface area contributed by atoms with Gasteiger partial charge in [0.1, 0.15) is 23.7 Å². The minimum Gasteiger partial charge on any atom is -0.330 e. The van der Waals surface area contributed by atoms with Crippen molar-refractivity contribution < 1.29 is 27.2 Å². The van der Waals surface area contributed by atoms with Crippen LogP contribution in [-0.4, -0.2) is 23.0 Å². The lowest BCUT2D eigenvalue weighted by Gasteiger charge is -2.29. The van der Waals surface area contributed by atoms with Gasteiger partial charge >= 0.3 is 12.1 Å². The second kappa shape index (κ2) is 8.82. The van der Waals surface area contributed by atoms with Crippen molar-refractivity contribution in [2.75, 3.05) is 0 Å². The van der Waals surface area contributed by atoms with Crippen LogP contribution in [0.5, 0.6) is 0 Å². The maximum Gasteiger partial charge on any atom is 0.493 e. The highest BCUT2D eigenvalue weighted by Crippen LogP contribution is 2.43. The number of amidine groups is 1. The zero-order chi connectivity index (χ0) is 22.7. The predicted octanol–water partition coefficient (Wildman–Crippen LogP) is 5.59. The van der Waals surface area contributed by atoms with E-state index in [0.29, 0.717) is 11.1 Å². The second-order valence-electron chi connectivity index (χ2n) is 7.26. The van der Waals surface area contributed by atoms with Crippen LogP contribution in [0.15, 0.2) is 89.9 Å². The summed E-state index contributed by atoms with van der Waals surface area (Å²) < 4.78 is 52.5. The van der Waals surface area contributed by atoms with Crippen molar-refractivity contribution in [2.24, 2.45) is 4.99 Å². The molecule has 164 valence electrons. The van der Waals surface area contributed by atoms with Crippen LogP contribution in [0.4, 0.5) is 17.6 Å². The molecule has 0 spiro atoms. The summed E-state index contributed by atoms with van der Waals surface area (Å²) in [5.74, 6) is -2.64. The smallest absolute Gasteiger partial charge is 0.330 e. The first kappa shape index (κ1) is 21.5. The molecular formula is C24H18F4N2O2. The van der Waals surface area contributed by atoms with Gasteiger partial charge in [-0.1, -0.05) is 72.8 Å². The lowest BCUT2D eigenvalue weighted by atomic mass is 9.95. The van der Waals surface area contributed by atoms with E-state index in [-0.39, 0.29) is 12.3 Å². The van der Waals surface area contributed by atoms with Crippen LogP contribution in [0.1, 0.15) is 28.8 Å². The van der Waals surface area contributed by atoms with Crippen LogP contribution in [0.2, 0.25) is 0 Å². The zero-order valence-electron chi connectivity index (χ0n) is 16.7. The number of nitrogens with zero attached hydrogens (tertiary/aromatic N) is 2. The van der Waals surface area contributed by atoms with Gasteiger partial charge in [-0.15, -0.1) is 0 Å². The number of rotatable bonds is 5. The Balaban J connectivity index is 1.78. The van der Waals surface area contributed by atoms with Crippen molar-refractivity contribution >= 4 is 11.8 Å². The predicted molar refractivity (Wildman–Crippen MR) is 110 cm³/mol. The largest absolute Gasteiger partial charge is 0.493 e. The fraction of sp³-hybridized carbons (Fsp3) is 0.167. The molecule has 0 aromatic heterocycles. The van der Waals surface area contributed by atoms with E-state index in [2.05, 4.69) is 4.99 Å². The molecule has 8 heteroatoms. The van der Waals surface area contributed by atoms with E-state index in [0.717, 1.165) is 10.6 Å². The van der Waals surface area contributed by atoms with Crippen molar-refractivity contribution in [3.05, 3.63) is 107 Å². The molecule has 1 heterocycles. The highest BCUT2D eigenvalue weighted by molar-refractivity contribution is 5.88. The summed E-state index contributed by atoms with van der Waals surface area (Å²) in [6, 6.07) is 21.9. The average Bonchev–Trinajstić information content (AvgIpc) is 3.13. The summed E-state index contributed by atoms with van der Waals surface area (Å²) in [6.07, 6.45) is -5.12. The molecule has 32 heavy (non-hydrogen) atoms. The van der Waals surface area contributed by atoms with Gasteiger partial charge in [0.25, 0.3) is 0 Å². The van der Waals surface area contributed by atoms with Gasteiger partial charge in [-0.25, -0.2) is 9.18 Å². The Labute approximate surface area is 181 Å². The molecular weight excluding hydrogens is 424 g/mol. The molecule has 0 amide bonds. The third-order valence-electron chi connectivity index (χ3n) is 5.06. The molecule has 1 aliphatic heterocycles. The third kappa shape index (κ3) is 4.64. The summed E-state index contributed by atoms with van der Waals surface area (Å²) in [7, 11) is 0. The molecule has 0 bridgehead atoms. The van der Waals surface area contributed by atoms with Gasteiger partial charge in [0, 0.05) is 6.42 Å². The number of benzene rings is 3. The van der Waals surface area contributed by atoms with Gasteiger partial charge in [0.05, 0.1) is 0 Å². The van der Waals surface area contributed by atoms with E-state index in [9.17, 15) is 22.4 Å². The fourth-order valence-electron chi connectivity index (χ4n) is 3.61. The molecule has 0 saturated carbocycles. The molecule has 4 rings (SSSR count). The Morgan fingerprint density at radius 3 is 2.00 bits per heavy atom. The number of alkyl halides is 3. The minimum absolute atomic E-state index is 0.0537. The fourth-order valence-corrected chi connectivity index (χ4v) is 3.61. The molecule has 1 aliphatic rings. The summed E-state index contributed by atoms with van der Waals surface area (Å²) in [5.41, 5.74) is 2.00. The third-order valence-corrected chi connectivity index (χ3v) is 5.06. The first-order chi connectivity index (χ1) is 15.3. The van der Waals surface area contributed by atoms with Crippen LogP contribution < -0.4 is 0 Å². The molecule has 2 unspecified atom stereocenters. The molecule has 4 nitrogen and oxygen atoms in total. The van der Waals surface area contributed by atoms with Gasteiger partial charge in [0.2, 0.25) is 0 Å². The van der Waals surface area contributed by atoms with Gasteiger partial charge in [-0.3, -0.25) is 4.99 Å². The molecule has 3 aromatic carbocycles. The van der Waals surface area contributed by atoms with Crippen LogP contribution in [0.25, 0.3) is 0 Å². The summed E-state index contributed by atoms with van der Waals surface area (Å²) in [4.78, 5) is 21.3. The number of hydroxylamine groups is 2. The molecule has 0 radical (unpaired) electrons. The maximum atomic E-state index is 13.3. The Hall–Kier alpha value is -3.68. The first-order valence-corrected chi connectivity index (χ1v) is 9.82. The van der Waals surface area contributed by atoms with Crippen molar-refractivity contribution in [3.8, 4) is 0 Å². The SMILES string of the molecule is O=C(ON1C(Cc2ccc(F)cc2)=NC(c2ccccc2)C1c1ccccc1)C(F)(F)F. The number of hydrogen-bond acceptors (Lipinski definition) is 4. The first-order valence-electron chi connectivity index (χ1n) is 9.82. The summed E-state index contributed by atoms with van der Waals surface area (Å²) >= 11 is 0. The lowest BCUT2D eigenvalue weighted by molar-refractivity contribution is -0.230. The highest BCUT2D eigenvalue weighted by atomic mass is 19.4. The van der Waals surface area contributed by atoms with E-state index >= 15 is 0 Å². The molecule has 0 fully saturated rings. The van der Waals surface area contributed by atoms with Gasteiger partial charge in [-0.05, 0) is 28.8 Å². The lowest BCUT2D eigenvalue weighted by Crippen LogP contribution is -2.39. The van der Waals surface area contributed by atoms with E-state index in [4.69, 9.17) is 4.84 Å². The number of aliphatic imine (C=N–C) groups is 1. The standard InChI is InChI=1S/C24H18F4N2O2/c25-19-13-11-16(12-14-19)15-20-29-21(17-7-3-1-4-8-17)22(18-9-5-2-6-10-18)30(20)32-23(31)24(26,27)28/h1-14,21-22H,15H2. The quantitative estimate of drug-likeness (QED) is 0.484. The summed E-state index contributed by atoms with van der Waals surface area (Å²) in [6.45, 7) is 0. The van der Waals surface area contributed by atoms with Gasteiger partial charge in [0.15, 0.2) is 0 Å². The Kier molecular flexibility index (Phi) is 5.94. The van der Waals surface area contributed by atoms with Gasteiger partial charge < -0.3 is 4.84 Å². The summed E-state index contributed by atoms with van der Waals surface area (Å²) in [5, 5.41) is 0.937. The van der Waals surface area contributed by atoms with Crippen molar-refractivity contribution in [1.82, 2.24) is 5.06 Å². The average molecular weight is 442 g/mol. The maximum absolute atomic E-state index is 13.3. The monoisotopic (exact) mass is 442 g/mol. The van der Waals surface area contributed by atoms with E-state index in [1.807, 2.05) is 18.2 Å². The van der Waals surface area contributed by atoms with Crippen molar-refractivity contribution in [2.45, 2.75) is 24.7 Å². The molecule has 3 aromatic rings.